The van der Waals surface area contributed by atoms with Crippen molar-refractivity contribution in [2.75, 3.05) is 6.61 Å². The lowest BCUT2D eigenvalue weighted by molar-refractivity contribution is 0.116. The van der Waals surface area contributed by atoms with Gasteiger partial charge in [0.25, 0.3) is 0 Å². The Kier molecular flexibility index (Phi) is 9.60. The second kappa shape index (κ2) is 12.1. The van der Waals surface area contributed by atoms with E-state index in [0.717, 1.165) is 24.1 Å². The summed E-state index contributed by atoms with van der Waals surface area (Å²) >= 11 is 0. The lowest BCUT2D eigenvalue weighted by atomic mass is 10.0. The molecule has 1 aliphatic rings. The van der Waals surface area contributed by atoms with Gasteiger partial charge in [0.1, 0.15) is 0 Å². The molecule has 2 atom stereocenters. The first kappa shape index (κ1) is 28.6. The van der Waals surface area contributed by atoms with Gasteiger partial charge in [-0.25, -0.2) is 8.42 Å². The fraction of sp³-hybridized carbons (Fsp3) is 0.517. The molecule has 1 aliphatic heterocycles. The number of nitrogens with one attached hydrogen (secondary N) is 1. The van der Waals surface area contributed by atoms with Gasteiger partial charge in [-0.15, -0.1) is 0 Å². The normalized spacial score (nSPS) is 19.3. The molecule has 0 saturated carbocycles. The van der Waals surface area contributed by atoms with Crippen LogP contribution in [-0.4, -0.2) is 35.5 Å². The summed E-state index contributed by atoms with van der Waals surface area (Å²) in [5, 5.41) is 3.59. The highest BCUT2D eigenvalue weighted by Crippen LogP contribution is 2.40. The van der Waals surface area contributed by atoms with E-state index in [1.807, 2.05) is 24.3 Å². The van der Waals surface area contributed by atoms with Crippen molar-refractivity contribution < 1.29 is 17.6 Å². The number of hydrogen-bond acceptors (Lipinski definition) is 5. The van der Waals surface area contributed by atoms with Crippen LogP contribution in [-0.2, 0) is 25.6 Å². The van der Waals surface area contributed by atoms with Gasteiger partial charge in [-0.05, 0) is 62.0 Å². The molecule has 0 unspecified atom stereocenters. The lowest BCUT2D eigenvalue weighted by Gasteiger charge is -2.43. The minimum absolute atomic E-state index is 0.0400. The zero-order valence-electron chi connectivity index (χ0n) is 22.7. The van der Waals surface area contributed by atoms with Crippen molar-refractivity contribution in [2.45, 2.75) is 95.2 Å². The number of allylic oxidation sites excluding steroid dienone is 1. The van der Waals surface area contributed by atoms with Crippen LogP contribution < -0.4 is 5.32 Å². The number of rotatable bonds is 11. The van der Waals surface area contributed by atoms with Crippen molar-refractivity contribution in [1.29, 1.82) is 0 Å². The Morgan fingerprint density at radius 3 is 2.19 bits per heavy atom. The molecular formula is C29H43NO4SSi. The SMILES string of the molecule is C[C@@H]1NC(CCCCOCc2ccccc2)=C(S(=O)(=O)c2ccccc2)C[C@H]1O[Si](C)(C)C(C)(C)C. The number of ether oxygens (including phenoxy) is 1. The Bertz CT molecular complexity index is 1110. The Labute approximate surface area is 219 Å². The summed E-state index contributed by atoms with van der Waals surface area (Å²) < 4.78 is 40.0. The monoisotopic (exact) mass is 529 g/mol. The van der Waals surface area contributed by atoms with Crippen LogP contribution in [0, 0.1) is 0 Å². The molecule has 0 aromatic heterocycles. The maximum Gasteiger partial charge on any atom is 0.204 e. The number of unbranched alkanes of at least 4 members (excludes halogenated alkanes) is 1. The minimum atomic E-state index is -3.62. The Morgan fingerprint density at radius 2 is 1.58 bits per heavy atom. The summed E-state index contributed by atoms with van der Waals surface area (Å²) in [5.74, 6) is 0. The van der Waals surface area contributed by atoms with Crippen LogP contribution in [0.15, 0.2) is 76.2 Å². The van der Waals surface area contributed by atoms with Crippen molar-refractivity contribution in [2.24, 2.45) is 0 Å². The average Bonchev–Trinajstić information content (AvgIpc) is 2.83. The van der Waals surface area contributed by atoms with E-state index in [1.165, 1.54) is 0 Å². The standard InChI is InChI=1S/C29H43NO4SSi/c1-23-27(34-36(5,6)29(2,3)4)21-28(35(31,32)25-17-11-8-12-18-25)26(30-23)19-13-14-20-33-22-24-15-9-7-10-16-24/h7-12,15-18,23,27,30H,13-14,19-22H2,1-6H3/t23-,27+/m0/s1. The van der Waals surface area contributed by atoms with Crippen LogP contribution >= 0.6 is 0 Å². The van der Waals surface area contributed by atoms with Crippen LogP contribution in [0.3, 0.4) is 0 Å². The van der Waals surface area contributed by atoms with E-state index in [-0.39, 0.29) is 17.2 Å². The van der Waals surface area contributed by atoms with E-state index < -0.39 is 18.2 Å². The van der Waals surface area contributed by atoms with E-state index in [2.05, 4.69) is 58.2 Å². The molecule has 36 heavy (non-hydrogen) atoms. The molecule has 0 bridgehead atoms. The summed E-state index contributed by atoms with van der Waals surface area (Å²) in [4.78, 5) is 0.812. The molecule has 0 amide bonds. The molecule has 7 heteroatoms. The van der Waals surface area contributed by atoms with E-state index in [9.17, 15) is 8.42 Å². The van der Waals surface area contributed by atoms with Gasteiger partial charge in [-0.1, -0.05) is 69.3 Å². The van der Waals surface area contributed by atoms with Crippen molar-refractivity contribution >= 4 is 18.2 Å². The molecule has 198 valence electrons. The van der Waals surface area contributed by atoms with Crippen LogP contribution in [0.2, 0.25) is 18.1 Å². The summed E-state index contributed by atoms with van der Waals surface area (Å²) in [6.45, 7) is 14.4. The van der Waals surface area contributed by atoms with Crippen molar-refractivity contribution in [1.82, 2.24) is 5.32 Å². The second-order valence-corrected chi connectivity index (χ2v) is 18.0. The predicted octanol–water partition coefficient (Wildman–Crippen LogP) is 6.83. The topological polar surface area (TPSA) is 64.6 Å². The van der Waals surface area contributed by atoms with E-state index >= 15 is 0 Å². The van der Waals surface area contributed by atoms with Gasteiger partial charge in [-0.2, -0.15) is 0 Å². The molecule has 1 heterocycles. The number of benzene rings is 2. The highest BCUT2D eigenvalue weighted by atomic mass is 32.2. The quantitative estimate of drug-likeness (QED) is 0.255. The highest BCUT2D eigenvalue weighted by molar-refractivity contribution is 7.95. The van der Waals surface area contributed by atoms with Crippen LogP contribution in [0.4, 0.5) is 0 Å². The molecule has 2 aromatic carbocycles. The first-order valence-electron chi connectivity index (χ1n) is 13.0. The largest absolute Gasteiger partial charge is 0.412 e. The fourth-order valence-electron chi connectivity index (χ4n) is 4.13. The maximum absolute atomic E-state index is 13.7. The molecule has 0 saturated heterocycles. The average molecular weight is 530 g/mol. The number of hydrogen-bond donors (Lipinski definition) is 1. The number of sulfone groups is 1. The van der Waals surface area contributed by atoms with Crippen LogP contribution in [0.25, 0.3) is 0 Å². The summed E-state index contributed by atoms with van der Waals surface area (Å²) in [7, 11) is -5.69. The van der Waals surface area contributed by atoms with Crippen molar-refractivity contribution in [3.05, 3.63) is 76.8 Å². The van der Waals surface area contributed by atoms with E-state index in [0.29, 0.717) is 35.9 Å². The van der Waals surface area contributed by atoms with Gasteiger partial charge in [0.05, 0.1) is 22.5 Å². The summed E-state index contributed by atoms with van der Waals surface area (Å²) in [6, 6.07) is 18.9. The lowest BCUT2D eigenvalue weighted by Crippen LogP contribution is -2.52. The maximum atomic E-state index is 13.7. The summed E-state index contributed by atoms with van der Waals surface area (Å²) in [6.07, 6.45) is 2.61. The molecule has 3 rings (SSSR count). The van der Waals surface area contributed by atoms with Crippen LogP contribution in [0.1, 0.15) is 58.9 Å². The fourth-order valence-corrected chi connectivity index (χ4v) is 7.19. The molecule has 0 aliphatic carbocycles. The third kappa shape index (κ3) is 7.31. The zero-order valence-corrected chi connectivity index (χ0v) is 24.5. The molecule has 2 aromatic rings. The van der Waals surface area contributed by atoms with Gasteiger partial charge in [0.15, 0.2) is 8.32 Å². The first-order valence-corrected chi connectivity index (χ1v) is 17.4. The zero-order chi connectivity index (χ0) is 26.4. The van der Waals surface area contributed by atoms with Crippen LogP contribution in [0.5, 0.6) is 0 Å². The molecule has 5 nitrogen and oxygen atoms in total. The molecular weight excluding hydrogens is 486 g/mol. The van der Waals surface area contributed by atoms with Gasteiger partial charge in [-0.3, -0.25) is 0 Å². The van der Waals surface area contributed by atoms with Gasteiger partial charge >= 0.3 is 0 Å². The van der Waals surface area contributed by atoms with E-state index in [4.69, 9.17) is 9.16 Å². The second-order valence-electron chi connectivity index (χ2n) is 11.3. The van der Waals surface area contributed by atoms with Crippen molar-refractivity contribution in [3.63, 3.8) is 0 Å². The van der Waals surface area contributed by atoms with E-state index in [1.54, 1.807) is 24.3 Å². The highest BCUT2D eigenvalue weighted by Gasteiger charge is 2.43. The first-order chi connectivity index (χ1) is 16.9. The van der Waals surface area contributed by atoms with Gasteiger partial charge in [0.2, 0.25) is 9.84 Å². The predicted molar refractivity (Wildman–Crippen MR) is 150 cm³/mol. The molecule has 1 N–H and O–H groups in total. The molecule has 0 fully saturated rings. The Hall–Kier alpha value is -1.93. The third-order valence-electron chi connectivity index (χ3n) is 7.39. The smallest absolute Gasteiger partial charge is 0.204 e. The Balaban J connectivity index is 1.74. The Morgan fingerprint density at radius 1 is 0.972 bits per heavy atom. The molecule has 0 spiro atoms. The minimum Gasteiger partial charge on any atom is -0.412 e. The van der Waals surface area contributed by atoms with Crippen molar-refractivity contribution in [3.8, 4) is 0 Å². The molecule has 0 radical (unpaired) electrons. The van der Waals surface area contributed by atoms with Gasteiger partial charge in [0, 0.05) is 24.8 Å². The third-order valence-corrected chi connectivity index (χ3v) is 13.8. The summed E-state index contributed by atoms with van der Waals surface area (Å²) in [5.41, 5.74) is 1.98. The van der Waals surface area contributed by atoms with Gasteiger partial charge < -0.3 is 14.5 Å².